The third-order valence-corrected chi connectivity index (χ3v) is 4.83. The normalized spacial score (nSPS) is 11.2. The lowest BCUT2D eigenvalue weighted by molar-refractivity contribution is 0.624. The van der Waals surface area contributed by atoms with Crippen LogP contribution < -0.4 is 10.9 Å². The first-order valence-electron chi connectivity index (χ1n) is 8.84. The molecule has 2 aromatic heterocycles. The van der Waals surface area contributed by atoms with Crippen molar-refractivity contribution in [3.05, 3.63) is 92.6 Å². The molecule has 0 aliphatic carbocycles. The van der Waals surface area contributed by atoms with Gasteiger partial charge in [0.2, 0.25) is 0 Å². The van der Waals surface area contributed by atoms with Crippen molar-refractivity contribution in [2.24, 2.45) is 0 Å². The van der Waals surface area contributed by atoms with Crippen LogP contribution in [0.3, 0.4) is 0 Å². The highest BCUT2D eigenvalue weighted by molar-refractivity contribution is 6.30. The van der Waals surface area contributed by atoms with Crippen LogP contribution in [0.15, 0.2) is 59.4 Å². The molecule has 0 fully saturated rings. The van der Waals surface area contributed by atoms with Crippen LogP contribution >= 0.6 is 11.6 Å². The average Bonchev–Trinajstić information content (AvgIpc) is 3.00. The molecule has 0 saturated heterocycles. The van der Waals surface area contributed by atoms with Crippen molar-refractivity contribution in [1.82, 2.24) is 20.1 Å². The van der Waals surface area contributed by atoms with Gasteiger partial charge < -0.3 is 10.3 Å². The Bertz CT molecular complexity index is 1180. The first-order chi connectivity index (χ1) is 13.5. The molecular formula is C21H18ClFN4O. The summed E-state index contributed by atoms with van der Waals surface area (Å²) in [6.45, 7) is 2.85. The Balaban J connectivity index is 1.60. The van der Waals surface area contributed by atoms with Gasteiger partial charge in [0.05, 0.1) is 11.4 Å². The number of halogens is 2. The second-order valence-corrected chi connectivity index (χ2v) is 7.03. The lowest BCUT2D eigenvalue weighted by atomic mass is 10.2. The molecule has 0 atom stereocenters. The average molecular weight is 397 g/mol. The molecule has 0 radical (unpaired) electrons. The van der Waals surface area contributed by atoms with Crippen molar-refractivity contribution in [2.75, 3.05) is 0 Å². The molecule has 2 N–H and O–H groups in total. The second kappa shape index (κ2) is 7.58. The fourth-order valence-corrected chi connectivity index (χ4v) is 3.23. The number of H-pyrrole nitrogens is 1. The maximum absolute atomic E-state index is 13.0. The maximum atomic E-state index is 13.0. The fourth-order valence-electron chi connectivity index (χ4n) is 3.10. The van der Waals surface area contributed by atoms with Crippen molar-refractivity contribution in [3.8, 4) is 5.69 Å². The van der Waals surface area contributed by atoms with Gasteiger partial charge in [-0.15, -0.1) is 0 Å². The van der Waals surface area contributed by atoms with Crippen molar-refractivity contribution >= 4 is 22.6 Å². The molecule has 28 heavy (non-hydrogen) atoms. The number of hydrogen-bond acceptors (Lipinski definition) is 3. The standard InChI is InChI=1S/C21H18ClFN4O/c1-13-19-10-15(12-24-11-14-2-6-17(23)7-3-14)21(28)25-20(19)27(26-13)18-8-4-16(22)5-9-18/h2-10,24H,11-12H2,1H3,(H,25,28). The van der Waals surface area contributed by atoms with Crippen LogP contribution in [0.4, 0.5) is 4.39 Å². The van der Waals surface area contributed by atoms with Gasteiger partial charge in [0, 0.05) is 29.1 Å². The Morgan fingerprint density at radius 1 is 1.11 bits per heavy atom. The van der Waals surface area contributed by atoms with Crippen LogP contribution in [0, 0.1) is 12.7 Å². The van der Waals surface area contributed by atoms with Crippen molar-refractivity contribution in [3.63, 3.8) is 0 Å². The van der Waals surface area contributed by atoms with Crippen LogP contribution in [0.5, 0.6) is 0 Å². The van der Waals surface area contributed by atoms with Gasteiger partial charge in [-0.3, -0.25) is 4.79 Å². The number of aryl methyl sites for hydroxylation is 1. The van der Waals surface area contributed by atoms with Crippen LogP contribution in [0.2, 0.25) is 5.02 Å². The number of benzene rings is 2. The molecule has 0 aliphatic heterocycles. The minimum atomic E-state index is -0.265. The lowest BCUT2D eigenvalue weighted by Crippen LogP contribution is -2.21. The van der Waals surface area contributed by atoms with Gasteiger partial charge >= 0.3 is 0 Å². The summed E-state index contributed by atoms with van der Waals surface area (Å²) in [7, 11) is 0. The molecule has 0 saturated carbocycles. The van der Waals surface area contributed by atoms with E-state index in [1.54, 1.807) is 28.9 Å². The Morgan fingerprint density at radius 2 is 1.82 bits per heavy atom. The van der Waals surface area contributed by atoms with Crippen molar-refractivity contribution in [2.45, 2.75) is 20.0 Å². The molecule has 4 rings (SSSR count). The predicted molar refractivity (Wildman–Crippen MR) is 108 cm³/mol. The zero-order valence-corrected chi connectivity index (χ0v) is 15.9. The van der Waals surface area contributed by atoms with Crippen LogP contribution in [-0.2, 0) is 13.1 Å². The summed E-state index contributed by atoms with van der Waals surface area (Å²) in [6, 6.07) is 15.4. The van der Waals surface area contributed by atoms with E-state index in [0.29, 0.717) is 29.3 Å². The number of pyridine rings is 1. The number of aromatic nitrogens is 3. The Labute approximate surface area is 165 Å². The molecule has 0 bridgehead atoms. The third-order valence-electron chi connectivity index (χ3n) is 4.58. The Hall–Kier alpha value is -2.96. The first kappa shape index (κ1) is 18.4. The van der Waals surface area contributed by atoms with Crippen LogP contribution in [0.1, 0.15) is 16.8 Å². The van der Waals surface area contributed by atoms with Crippen LogP contribution in [0.25, 0.3) is 16.7 Å². The number of nitrogens with one attached hydrogen (secondary N) is 2. The van der Waals surface area contributed by atoms with Crippen LogP contribution in [-0.4, -0.2) is 14.8 Å². The highest BCUT2D eigenvalue weighted by atomic mass is 35.5. The van der Waals surface area contributed by atoms with Gasteiger partial charge in [0.25, 0.3) is 5.56 Å². The minimum Gasteiger partial charge on any atom is -0.308 e. The number of rotatable bonds is 5. The number of hydrogen-bond donors (Lipinski definition) is 2. The highest BCUT2D eigenvalue weighted by Gasteiger charge is 2.13. The van der Waals surface area contributed by atoms with E-state index in [-0.39, 0.29) is 11.4 Å². The SMILES string of the molecule is Cc1nn(-c2ccc(Cl)cc2)c2[nH]c(=O)c(CNCc3ccc(F)cc3)cc12. The van der Waals surface area contributed by atoms with E-state index in [1.807, 2.05) is 25.1 Å². The molecule has 0 aliphatic rings. The summed E-state index contributed by atoms with van der Waals surface area (Å²) >= 11 is 5.96. The number of nitrogens with zero attached hydrogens (tertiary/aromatic N) is 2. The molecule has 5 nitrogen and oxygen atoms in total. The monoisotopic (exact) mass is 396 g/mol. The summed E-state index contributed by atoms with van der Waals surface area (Å²) in [5.41, 5.74) is 3.68. The summed E-state index contributed by atoms with van der Waals surface area (Å²) in [6.07, 6.45) is 0. The van der Waals surface area contributed by atoms with E-state index in [0.717, 1.165) is 22.3 Å². The predicted octanol–water partition coefficient (Wildman–Crippen LogP) is 4.10. The fraction of sp³-hybridized carbons (Fsp3) is 0.143. The largest absolute Gasteiger partial charge is 0.308 e. The van der Waals surface area contributed by atoms with Gasteiger partial charge in [-0.25, -0.2) is 9.07 Å². The Morgan fingerprint density at radius 3 is 2.54 bits per heavy atom. The zero-order valence-electron chi connectivity index (χ0n) is 15.2. The quantitative estimate of drug-likeness (QED) is 0.533. The second-order valence-electron chi connectivity index (χ2n) is 6.59. The summed E-state index contributed by atoms with van der Waals surface area (Å²) in [5.74, 6) is -0.265. The smallest absolute Gasteiger partial charge is 0.254 e. The van der Waals surface area contributed by atoms with Crippen molar-refractivity contribution < 1.29 is 4.39 Å². The third kappa shape index (κ3) is 3.69. The summed E-state index contributed by atoms with van der Waals surface area (Å²) < 4.78 is 14.7. The van der Waals surface area contributed by atoms with Gasteiger partial charge in [0.15, 0.2) is 0 Å². The zero-order chi connectivity index (χ0) is 19.7. The molecule has 0 spiro atoms. The molecular weight excluding hydrogens is 379 g/mol. The maximum Gasteiger partial charge on any atom is 0.254 e. The molecule has 7 heteroatoms. The van der Waals surface area contributed by atoms with E-state index in [4.69, 9.17) is 11.6 Å². The highest BCUT2D eigenvalue weighted by Crippen LogP contribution is 2.21. The number of aromatic amines is 1. The minimum absolute atomic E-state index is 0.172. The molecule has 142 valence electrons. The molecule has 2 heterocycles. The van der Waals surface area contributed by atoms with E-state index in [9.17, 15) is 9.18 Å². The number of fused-ring (bicyclic) bond motifs is 1. The molecule has 0 unspecified atom stereocenters. The van der Waals surface area contributed by atoms with E-state index < -0.39 is 0 Å². The van der Waals surface area contributed by atoms with Gasteiger partial charge in [-0.05, 0) is 55.0 Å². The van der Waals surface area contributed by atoms with Gasteiger partial charge in [0.1, 0.15) is 11.5 Å². The van der Waals surface area contributed by atoms with Crippen molar-refractivity contribution in [1.29, 1.82) is 0 Å². The summed E-state index contributed by atoms with van der Waals surface area (Å²) in [4.78, 5) is 15.5. The molecule has 4 aromatic rings. The first-order valence-corrected chi connectivity index (χ1v) is 9.22. The van der Waals surface area contributed by atoms with Gasteiger partial charge in [-0.1, -0.05) is 23.7 Å². The Kier molecular flexibility index (Phi) is 4.98. The van der Waals surface area contributed by atoms with E-state index in [1.165, 1.54) is 12.1 Å². The summed E-state index contributed by atoms with van der Waals surface area (Å²) in [5, 5.41) is 9.30. The molecule has 2 aromatic carbocycles. The van der Waals surface area contributed by atoms with E-state index >= 15 is 0 Å². The molecule has 0 amide bonds. The topological polar surface area (TPSA) is 62.7 Å². The van der Waals surface area contributed by atoms with E-state index in [2.05, 4.69) is 15.4 Å². The lowest BCUT2D eigenvalue weighted by Gasteiger charge is -2.06. The van der Waals surface area contributed by atoms with Gasteiger partial charge in [-0.2, -0.15) is 5.10 Å².